The molecule has 0 radical (unpaired) electrons. The fourth-order valence-corrected chi connectivity index (χ4v) is 1.95. The van der Waals surface area contributed by atoms with Gasteiger partial charge in [0.1, 0.15) is 11.9 Å². The van der Waals surface area contributed by atoms with Crippen molar-refractivity contribution in [3.8, 4) is 0 Å². The first-order valence-electron chi connectivity index (χ1n) is 5.78. The van der Waals surface area contributed by atoms with Gasteiger partial charge in [-0.3, -0.25) is 4.79 Å². The fourth-order valence-electron chi connectivity index (χ4n) is 1.95. The number of amides is 1. The molecule has 92 valence electrons. The number of piperazine rings is 1. The largest absolute Gasteiger partial charge is 0.389 e. The average molecular weight is 235 g/mol. The molecular weight excluding hydrogens is 218 g/mol. The molecular formula is C12H17N3O2. The van der Waals surface area contributed by atoms with Gasteiger partial charge in [-0.2, -0.15) is 0 Å². The molecule has 17 heavy (non-hydrogen) atoms. The molecule has 0 saturated carbocycles. The van der Waals surface area contributed by atoms with E-state index in [0.717, 1.165) is 17.9 Å². The van der Waals surface area contributed by atoms with Gasteiger partial charge in [0, 0.05) is 19.3 Å². The molecule has 1 aliphatic rings. The second kappa shape index (κ2) is 4.71. The molecule has 1 aromatic heterocycles. The number of anilines is 1. The molecule has 0 spiro atoms. The highest BCUT2D eigenvalue weighted by Crippen LogP contribution is 2.20. The number of pyridine rings is 1. The van der Waals surface area contributed by atoms with Crippen LogP contribution in [0.25, 0.3) is 0 Å². The third-order valence-corrected chi connectivity index (χ3v) is 3.05. The summed E-state index contributed by atoms with van der Waals surface area (Å²) in [4.78, 5) is 17.8. The Labute approximate surface area is 100 Å². The van der Waals surface area contributed by atoms with E-state index in [1.165, 1.54) is 0 Å². The van der Waals surface area contributed by atoms with E-state index in [1.54, 1.807) is 19.2 Å². The van der Waals surface area contributed by atoms with Crippen molar-refractivity contribution in [1.82, 2.24) is 10.3 Å². The average Bonchev–Trinajstić information content (AvgIpc) is 2.33. The Balaban J connectivity index is 2.26. The number of aliphatic hydroxyl groups excluding tert-OH is 1. The van der Waals surface area contributed by atoms with Gasteiger partial charge in [0.05, 0.1) is 6.10 Å². The van der Waals surface area contributed by atoms with Crippen LogP contribution in [0.4, 0.5) is 5.82 Å². The Kier molecular flexibility index (Phi) is 3.28. The molecule has 0 bridgehead atoms. The summed E-state index contributed by atoms with van der Waals surface area (Å²) in [6.45, 7) is 4.93. The minimum Gasteiger partial charge on any atom is -0.389 e. The summed E-state index contributed by atoms with van der Waals surface area (Å²) in [5, 5.41) is 12.3. The molecule has 1 saturated heterocycles. The van der Waals surface area contributed by atoms with Crippen LogP contribution in [0.5, 0.6) is 0 Å². The van der Waals surface area contributed by atoms with Crippen molar-refractivity contribution >= 4 is 11.7 Å². The summed E-state index contributed by atoms with van der Waals surface area (Å²) < 4.78 is 0. The van der Waals surface area contributed by atoms with E-state index in [2.05, 4.69) is 10.3 Å². The van der Waals surface area contributed by atoms with Crippen molar-refractivity contribution in [2.45, 2.75) is 26.0 Å². The number of aliphatic hydroxyl groups is 1. The zero-order chi connectivity index (χ0) is 12.4. The third-order valence-electron chi connectivity index (χ3n) is 3.05. The first-order valence-corrected chi connectivity index (χ1v) is 5.78. The predicted octanol–water partition coefficient (Wildman–Crippen LogP) is 0.460. The lowest BCUT2D eigenvalue weighted by atomic mass is 10.1. The molecule has 0 aromatic carbocycles. The molecule has 2 rings (SSSR count). The second-order valence-electron chi connectivity index (χ2n) is 4.28. The van der Waals surface area contributed by atoms with Crippen LogP contribution in [0.1, 0.15) is 25.5 Å². The topological polar surface area (TPSA) is 65.5 Å². The Morgan fingerprint density at radius 3 is 3.12 bits per heavy atom. The number of carbonyl (C=O) groups excluding carboxylic acids is 1. The van der Waals surface area contributed by atoms with E-state index in [-0.39, 0.29) is 11.9 Å². The van der Waals surface area contributed by atoms with Crippen LogP contribution in [0.2, 0.25) is 0 Å². The molecule has 0 aliphatic carbocycles. The van der Waals surface area contributed by atoms with Gasteiger partial charge in [-0.1, -0.05) is 0 Å². The van der Waals surface area contributed by atoms with Gasteiger partial charge < -0.3 is 15.3 Å². The summed E-state index contributed by atoms with van der Waals surface area (Å²) in [7, 11) is 0. The van der Waals surface area contributed by atoms with Crippen LogP contribution in [0.3, 0.4) is 0 Å². The van der Waals surface area contributed by atoms with E-state index in [0.29, 0.717) is 6.54 Å². The predicted molar refractivity (Wildman–Crippen MR) is 64.7 cm³/mol. The standard InChI is InChI=1S/C12H17N3O2/c1-8-12(17)14-5-6-15(8)11-7-10(9(2)16)3-4-13-11/h3-4,7-9,16H,5-6H2,1-2H3,(H,14,17)/t8?,9-/m0/s1. The quantitative estimate of drug-likeness (QED) is 0.781. The van der Waals surface area contributed by atoms with E-state index >= 15 is 0 Å². The van der Waals surface area contributed by atoms with Crippen molar-refractivity contribution < 1.29 is 9.90 Å². The molecule has 2 N–H and O–H groups in total. The van der Waals surface area contributed by atoms with Gasteiger partial charge in [0.2, 0.25) is 5.91 Å². The van der Waals surface area contributed by atoms with Crippen LogP contribution in [0.15, 0.2) is 18.3 Å². The highest BCUT2D eigenvalue weighted by molar-refractivity contribution is 5.85. The lowest BCUT2D eigenvalue weighted by Gasteiger charge is -2.33. The van der Waals surface area contributed by atoms with Crippen molar-refractivity contribution in [1.29, 1.82) is 0 Å². The number of hydrogen-bond acceptors (Lipinski definition) is 4. The van der Waals surface area contributed by atoms with Gasteiger partial charge in [-0.25, -0.2) is 4.98 Å². The van der Waals surface area contributed by atoms with Gasteiger partial charge in [-0.15, -0.1) is 0 Å². The maximum absolute atomic E-state index is 11.6. The number of aromatic nitrogens is 1. The molecule has 2 atom stereocenters. The Hall–Kier alpha value is -1.62. The van der Waals surface area contributed by atoms with Crippen LogP contribution in [0, 0.1) is 0 Å². The molecule has 1 aliphatic heterocycles. The van der Waals surface area contributed by atoms with Gasteiger partial charge in [0.25, 0.3) is 0 Å². The molecule has 2 heterocycles. The highest BCUT2D eigenvalue weighted by atomic mass is 16.3. The van der Waals surface area contributed by atoms with Gasteiger partial charge in [-0.05, 0) is 31.5 Å². The molecule has 5 heteroatoms. The maximum Gasteiger partial charge on any atom is 0.242 e. The first-order chi connectivity index (χ1) is 8.09. The van der Waals surface area contributed by atoms with Gasteiger partial charge >= 0.3 is 0 Å². The van der Waals surface area contributed by atoms with Crippen molar-refractivity contribution in [2.75, 3.05) is 18.0 Å². The number of nitrogens with zero attached hydrogens (tertiary/aromatic N) is 2. The Morgan fingerprint density at radius 2 is 2.41 bits per heavy atom. The summed E-state index contributed by atoms with van der Waals surface area (Å²) in [6, 6.07) is 3.39. The normalized spacial score (nSPS) is 22.2. The summed E-state index contributed by atoms with van der Waals surface area (Å²) in [5.41, 5.74) is 0.813. The second-order valence-corrected chi connectivity index (χ2v) is 4.28. The SMILES string of the molecule is CC1C(=O)NCCN1c1cc([C@H](C)O)ccn1. The summed E-state index contributed by atoms with van der Waals surface area (Å²) in [5.74, 6) is 0.756. The number of hydrogen-bond donors (Lipinski definition) is 2. The maximum atomic E-state index is 11.6. The zero-order valence-corrected chi connectivity index (χ0v) is 10.1. The molecule has 1 amide bonds. The zero-order valence-electron chi connectivity index (χ0n) is 10.1. The monoisotopic (exact) mass is 235 g/mol. The molecule has 5 nitrogen and oxygen atoms in total. The summed E-state index contributed by atoms with van der Waals surface area (Å²) in [6.07, 6.45) is 1.14. The Bertz CT molecular complexity index is 420. The number of nitrogens with one attached hydrogen (secondary N) is 1. The van der Waals surface area contributed by atoms with Crippen molar-refractivity contribution in [3.05, 3.63) is 23.9 Å². The van der Waals surface area contributed by atoms with Crippen LogP contribution < -0.4 is 10.2 Å². The summed E-state index contributed by atoms with van der Waals surface area (Å²) >= 11 is 0. The third kappa shape index (κ3) is 2.39. The van der Waals surface area contributed by atoms with Crippen LogP contribution in [-0.4, -0.2) is 35.1 Å². The Morgan fingerprint density at radius 1 is 1.65 bits per heavy atom. The highest BCUT2D eigenvalue weighted by Gasteiger charge is 2.26. The molecule has 1 aromatic rings. The van der Waals surface area contributed by atoms with Crippen LogP contribution >= 0.6 is 0 Å². The van der Waals surface area contributed by atoms with E-state index in [4.69, 9.17) is 0 Å². The van der Waals surface area contributed by atoms with E-state index < -0.39 is 6.10 Å². The van der Waals surface area contributed by atoms with Gasteiger partial charge in [0.15, 0.2) is 0 Å². The lowest BCUT2D eigenvalue weighted by molar-refractivity contribution is -0.122. The fraction of sp³-hybridized carbons (Fsp3) is 0.500. The minimum absolute atomic E-state index is 0.0144. The number of rotatable bonds is 2. The first kappa shape index (κ1) is 11.9. The van der Waals surface area contributed by atoms with E-state index in [9.17, 15) is 9.90 Å². The van der Waals surface area contributed by atoms with Crippen molar-refractivity contribution in [3.63, 3.8) is 0 Å². The molecule has 1 fully saturated rings. The lowest BCUT2D eigenvalue weighted by Crippen LogP contribution is -2.54. The van der Waals surface area contributed by atoms with Crippen LogP contribution in [-0.2, 0) is 4.79 Å². The number of carbonyl (C=O) groups is 1. The smallest absolute Gasteiger partial charge is 0.242 e. The van der Waals surface area contributed by atoms with E-state index in [1.807, 2.05) is 17.9 Å². The molecule has 1 unspecified atom stereocenters. The minimum atomic E-state index is -0.523. The van der Waals surface area contributed by atoms with Crippen molar-refractivity contribution in [2.24, 2.45) is 0 Å².